The van der Waals surface area contributed by atoms with Gasteiger partial charge in [-0.05, 0) is 48.0 Å². The lowest BCUT2D eigenvalue weighted by Crippen LogP contribution is -2.01. The first-order valence-corrected chi connectivity index (χ1v) is 9.43. The molecule has 1 aromatic heterocycles. The lowest BCUT2D eigenvalue weighted by atomic mass is 10.2. The monoisotopic (exact) mass is 393 g/mol. The van der Waals surface area contributed by atoms with E-state index in [1.807, 2.05) is 72.8 Å². The molecular weight excluding hydrogens is 374 g/mol. The summed E-state index contributed by atoms with van der Waals surface area (Å²) in [6.45, 7) is 0.527. The second kappa shape index (κ2) is 9.22. The zero-order chi connectivity index (χ0) is 20.6. The first-order valence-electron chi connectivity index (χ1n) is 9.43. The molecule has 0 saturated carbocycles. The van der Waals surface area contributed by atoms with Gasteiger partial charge in [0.2, 0.25) is 5.95 Å². The van der Waals surface area contributed by atoms with Crippen molar-refractivity contribution < 1.29 is 4.74 Å². The van der Waals surface area contributed by atoms with E-state index in [4.69, 9.17) is 4.74 Å². The van der Waals surface area contributed by atoms with Crippen molar-refractivity contribution in [1.29, 1.82) is 5.26 Å². The molecule has 6 heteroatoms. The van der Waals surface area contributed by atoms with Crippen LogP contribution in [0.5, 0.6) is 5.75 Å². The van der Waals surface area contributed by atoms with Crippen LogP contribution in [0.4, 0.5) is 23.1 Å². The van der Waals surface area contributed by atoms with Gasteiger partial charge in [-0.25, -0.2) is 4.98 Å². The Balaban J connectivity index is 1.39. The van der Waals surface area contributed by atoms with Gasteiger partial charge in [0, 0.05) is 11.9 Å². The van der Waals surface area contributed by atoms with Crippen LogP contribution in [0.1, 0.15) is 11.1 Å². The predicted octanol–water partition coefficient (Wildman–Crippen LogP) is 5.41. The van der Waals surface area contributed by atoms with Gasteiger partial charge in [0.1, 0.15) is 24.2 Å². The zero-order valence-electron chi connectivity index (χ0n) is 16.1. The molecule has 6 nitrogen and oxygen atoms in total. The van der Waals surface area contributed by atoms with E-state index < -0.39 is 0 Å². The normalized spacial score (nSPS) is 10.1. The SMILES string of the molecule is N#Cc1ccccc1Nc1nccc(Nc2ccc(OCc3ccccc3)cc2)n1. The van der Waals surface area contributed by atoms with Crippen molar-refractivity contribution in [3.05, 3.63) is 102 Å². The third-order valence-corrected chi connectivity index (χ3v) is 4.32. The van der Waals surface area contributed by atoms with Crippen molar-refractivity contribution in [2.45, 2.75) is 6.61 Å². The van der Waals surface area contributed by atoms with Crippen LogP contribution >= 0.6 is 0 Å². The third kappa shape index (κ3) is 4.91. The van der Waals surface area contributed by atoms with E-state index in [0.717, 1.165) is 17.0 Å². The number of benzene rings is 3. The molecule has 0 fully saturated rings. The van der Waals surface area contributed by atoms with Crippen LogP contribution in [0.2, 0.25) is 0 Å². The second-order valence-electron chi connectivity index (χ2n) is 6.47. The molecule has 0 spiro atoms. The maximum Gasteiger partial charge on any atom is 0.229 e. The van der Waals surface area contributed by atoms with E-state index >= 15 is 0 Å². The molecule has 2 N–H and O–H groups in total. The summed E-state index contributed by atoms with van der Waals surface area (Å²) in [5, 5.41) is 15.6. The number of nitrogens with one attached hydrogen (secondary N) is 2. The van der Waals surface area contributed by atoms with E-state index in [2.05, 4.69) is 26.7 Å². The summed E-state index contributed by atoms with van der Waals surface area (Å²) in [4.78, 5) is 8.69. The van der Waals surface area contributed by atoms with Gasteiger partial charge in [0.05, 0.1) is 11.3 Å². The van der Waals surface area contributed by atoms with Crippen molar-refractivity contribution in [2.75, 3.05) is 10.6 Å². The molecule has 30 heavy (non-hydrogen) atoms. The molecule has 1 heterocycles. The number of nitriles is 1. The topological polar surface area (TPSA) is 82.9 Å². The number of anilines is 4. The van der Waals surface area contributed by atoms with Crippen molar-refractivity contribution in [3.63, 3.8) is 0 Å². The summed E-state index contributed by atoms with van der Waals surface area (Å²) in [7, 11) is 0. The number of ether oxygens (including phenoxy) is 1. The van der Waals surface area contributed by atoms with Crippen LogP contribution in [-0.4, -0.2) is 9.97 Å². The standard InChI is InChI=1S/C24H19N5O/c25-16-19-8-4-5-9-22(19)28-24-26-15-14-23(29-24)27-20-10-12-21(13-11-20)30-17-18-6-2-1-3-7-18/h1-15H,17H2,(H2,26,27,28,29). The van der Waals surface area contributed by atoms with Gasteiger partial charge < -0.3 is 15.4 Å². The highest BCUT2D eigenvalue weighted by Crippen LogP contribution is 2.22. The molecule has 0 saturated heterocycles. The van der Waals surface area contributed by atoms with Crippen molar-refractivity contribution in [1.82, 2.24) is 9.97 Å². The average molecular weight is 393 g/mol. The molecule has 0 radical (unpaired) electrons. The van der Waals surface area contributed by atoms with Crippen LogP contribution in [-0.2, 0) is 6.61 Å². The summed E-state index contributed by atoms with van der Waals surface area (Å²) in [6.07, 6.45) is 1.66. The molecule has 0 aliphatic rings. The summed E-state index contributed by atoms with van der Waals surface area (Å²) < 4.78 is 5.81. The first-order chi connectivity index (χ1) is 14.8. The van der Waals surface area contributed by atoms with E-state index in [0.29, 0.717) is 29.6 Å². The molecule has 0 atom stereocenters. The highest BCUT2D eigenvalue weighted by molar-refractivity contribution is 5.64. The summed E-state index contributed by atoms with van der Waals surface area (Å²) >= 11 is 0. The fourth-order valence-corrected chi connectivity index (χ4v) is 2.82. The van der Waals surface area contributed by atoms with Gasteiger partial charge >= 0.3 is 0 Å². The molecule has 0 amide bonds. The lowest BCUT2D eigenvalue weighted by Gasteiger charge is -2.10. The highest BCUT2D eigenvalue weighted by atomic mass is 16.5. The molecule has 0 aliphatic carbocycles. The predicted molar refractivity (Wildman–Crippen MR) is 117 cm³/mol. The van der Waals surface area contributed by atoms with Gasteiger partial charge in [-0.15, -0.1) is 0 Å². The summed E-state index contributed by atoms with van der Waals surface area (Å²) in [5.41, 5.74) is 3.20. The number of rotatable bonds is 7. The summed E-state index contributed by atoms with van der Waals surface area (Å²) in [6, 6.07) is 28.9. The maximum absolute atomic E-state index is 9.22. The van der Waals surface area contributed by atoms with Crippen LogP contribution in [0.15, 0.2) is 91.1 Å². The highest BCUT2D eigenvalue weighted by Gasteiger charge is 2.05. The van der Waals surface area contributed by atoms with Crippen LogP contribution < -0.4 is 15.4 Å². The minimum absolute atomic E-state index is 0.408. The summed E-state index contributed by atoms with van der Waals surface area (Å²) in [5.74, 6) is 1.84. The lowest BCUT2D eigenvalue weighted by molar-refractivity contribution is 0.306. The van der Waals surface area contributed by atoms with E-state index in [-0.39, 0.29) is 0 Å². The van der Waals surface area contributed by atoms with Gasteiger partial charge in [0.25, 0.3) is 0 Å². The van der Waals surface area contributed by atoms with Crippen molar-refractivity contribution >= 4 is 23.1 Å². The van der Waals surface area contributed by atoms with Gasteiger partial charge in [0.15, 0.2) is 0 Å². The van der Waals surface area contributed by atoms with Crippen molar-refractivity contribution in [3.8, 4) is 11.8 Å². The minimum atomic E-state index is 0.408. The van der Waals surface area contributed by atoms with Gasteiger partial charge in [-0.2, -0.15) is 10.2 Å². The Morgan fingerprint density at radius 3 is 2.40 bits per heavy atom. The Labute approximate surface area is 174 Å². The van der Waals surface area contributed by atoms with E-state index in [1.54, 1.807) is 18.3 Å². The fourth-order valence-electron chi connectivity index (χ4n) is 2.82. The molecular formula is C24H19N5O. The number of para-hydroxylation sites is 1. The zero-order valence-corrected chi connectivity index (χ0v) is 16.1. The van der Waals surface area contributed by atoms with E-state index in [1.165, 1.54) is 0 Å². The van der Waals surface area contributed by atoms with Gasteiger partial charge in [-0.3, -0.25) is 0 Å². The fraction of sp³-hybridized carbons (Fsp3) is 0.0417. The molecule has 0 bridgehead atoms. The third-order valence-electron chi connectivity index (χ3n) is 4.32. The number of nitrogens with zero attached hydrogens (tertiary/aromatic N) is 3. The molecule has 0 aliphatic heterocycles. The van der Waals surface area contributed by atoms with Gasteiger partial charge in [-0.1, -0.05) is 42.5 Å². The number of aromatic nitrogens is 2. The van der Waals surface area contributed by atoms with Crippen LogP contribution in [0.3, 0.4) is 0 Å². The average Bonchev–Trinajstić information content (AvgIpc) is 2.80. The quantitative estimate of drug-likeness (QED) is 0.437. The number of hydrogen-bond donors (Lipinski definition) is 2. The molecule has 0 unspecified atom stereocenters. The Bertz CT molecular complexity index is 1150. The second-order valence-corrected chi connectivity index (χ2v) is 6.47. The molecule has 3 aromatic carbocycles. The Morgan fingerprint density at radius 2 is 1.60 bits per heavy atom. The first kappa shape index (κ1) is 19.0. The largest absolute Gasteiger partial charge is 0.489 e. The number of hydrogen-bond acceptors (Lipinski definition) is 6. The van der Waals surface area contributed by atoms with Crippen molar-refractivity contribution in [2.24, 2.45) is 0 Å². The Hall–Kier alpha value is -4.37. The smallest absolute Gasteiger partial charge is 0.229 e. The van der Waals surface area contributed by atoms with Crippen LogP contribution in [0, 0.1) is 11.3 Å². The Morgan fingerprint density at radius 1 is 0.833 bits per heavy atom. The maximum atomic E-state index is 9.22. The van der Waals surface area contributed by atoms with E-state index in [9.17, 15) is 5.26 Å². The molecule has 146 valence electrons. The molecule has 4 rings (SSSR count). The minimum Gasteiger partial charge on any atom is -0.489 e. The Kier molecular flexibility index (Phi) is 5.83. The molecule has 4 aromatic rings. The van der Waals surface area contributed by atoms with Crippen LogP contribution in [0.25, 0.3) is 0 Å².